The summed E-state index contributed by atoms with van der Waals surface area (Å²) >= 11 is 0. The monoisotopic (exact) mass is 974 g/mol. The molecular weight excluding hydrogens is 868 g/mol. The van der Waals surface area contributed by atoms with Crippen LogP contribution in [0, 0.1) is 0 Å². The summed E-state index contributed by atoms with van der Waals surface area (Å²) in [5, 5.41) is 3.03. The number of nitrogens with one attached hydrogen (secondary N) is 1. The zero-order valence-corrected chi connectivity index (χ0v) is 45.7. The standard InChI is InChI=1S/C58H105N2O7P/c1-7-10-13-16-19-22-25-28-29-30-31-33-36-39-42-45-48-51-58(62)67-56(49-46-43-40-37-34-27-24-21-18-15-12-9-3)55(54-66-68(63,64)65-53-52-60(4,5)6)59-57(61)50-47-44-41-38-35-32-26-23-20-17-14-11-8-2/h11,14,17,19-20,22-23,26,28-29,46,49,55-56H,7-10,12-13,15-16,18,21,24-25,27,30-45,47-48,50-54H2,1-6H3,(H-,59,61,63,64)/p+1/b14-11+,20-17+,22-19-,26-23-,29-28-,49-46+. The van der Waals surface area contributed by atoms with E-state index in [2.05, 4.69) is 80.8 Å². The third-order valence-corrected chi connectivity index (χ3v) is 12.9. The van der Waals surface area contributed by atoms with Gasteiger partial charge < -0.3 is 19.4 Å². The van der Waals surface area contributed by atoms with Crippen molar-refractivity contribution in [3.8, 4) is 0 Å². The zero-order valence-electron chi connectivity index (χ0n) is 44.8. The molecule has 394 valence electrons. The second kappa shape index (κ2) is 48.1. The molecule has 0 aliphatic heterocycles. The molecule has 0 aliphatic carbocycles. The van der Waals surface area contributed by atoms with Crippen molar-refractivity contribution in [3.05, 3.63) is 72.9 Å². The van der Waals surface area contributed by atoms with Crippen molar-refractivity contribution in [1.82, 2.24) is 5.32 Å². The van der Waals surface area contributed by atoms with Crippen LogP contribution >= 0.6 is 7.82 Å². The van der Waals surface area contributed by atoms with Gasteiger partial charge in [-0.05, 0) is 83.1 Å². The molecule has 0 radical (unpaired) electrons. The summed E-state index contributed by atoms with van der Waals surface area (Å²) in [5.74, 6) is -0.541. The zero-order chi connectivity index (χ0) is 50.1. The third-order valence-electron chi connectivity index (χ3n) is 11.9. The summed E-state index contributed by atoms with van der Waals surface area (Å²) in [6.45, 7) is 6.82. The lowest BCUT2D eigenvalue weighted by Gasteiger charge is -2.27. The first-order valence-electron chi connectivity index (χ1n) is 27.8. The fraction of sp³-hybridized carbons (Fsp3) is 0.759. The highest BCUT2D eigenvalue weighted by Gasteiger charge is 2.30. The van der Waals surface area contributed by atoms with Crippen LogP contribution in [0.25, 0.3) is 0 Å². The van der Waals surface area contributed by atoms with Gasteiger partial charge in [-0.1, -0.05) is 210 Å². The lowest BCUT2D eigenvalue weighted by Crippen LogP contribution is -2.47. The van der Waals surface area contributed by atoms with E-state index in [0.717, 1.165) is 103 Å². The molecule has 3 atom stereocenters. The Bertz CT molecular complexity index is 1400. The van der Waals surface area contributed by atoms with Crippen LogP contribution in [0.1, 0.15) is 233 Å². The summed E-state index contributed by atoms with van der Waals surface area (Å²) in [6.07, 6.45) is 60.3. The van der Waals surface area contributed by atoms with Crippen molar-refractivity contribution in [2.24, 2.45) is 0 Å². The highest BCUT2D eigenvalue weighted by atomic mass is 31.2. The maximum Gasteiger partial charge on any atom is 0.472 e. The van der Waals surface area contributed by atoms with Gasteiger partial charge in [-0.3, -0.25) is 18.6 Å². The minimum atomic E-state index is -4.45. The number of hydrogen-bond acceptors (Lipinski definition) is 6. The van der Waals surface area contributed by atoms with Crippen molar-refractivity contribution in [2.75, 3.05) is 40.9 Å². The maximum atomic E-state index is 13.5. The molecule has 68 heavy (non-hydrogen) atoms. The quantitative estimate of drug-likeness (QED) is 0.0156. The second-order valence-corrected chi connectivity index (χ2v) is 21.2. The normalized spacial score (nSPS) is 14.4. The van der Waals surface area contributed by atoms with Gasteiger partial charge in [0.1, 0.15) is 19.3 Å². The predicted molar refractivity (Wildman–Crippen MR) is 291 cm³/mol. The van der Waals surface area contributed by atoms with E-state index in [1.54, 1.807) is 0 Å². The van der Waals surface area contributed by atoms with Gasteiger partial charge in [0.15, 0.2) is 0 Å². The van der Waals surface area contributed by atoms with Gasteiger partial charge in [-0.2, -0.15) is 0 Å². The van der Waals surface area contributed by atoms with Crippen LogP contribution in [-0.4, -0.2) is 74.3 Å². The number of ether oxygens (including phenoxy) is 1. The second-order valence-electron chi connectivity index (χ2n) is 19.8. The molecule has 10 heteroatoms. The number of esters is 1. The van der Waals surface area contributed by atoms with Gasteiger partial charge >= 0.3 is 13.8 Å². The number of likely N-dealkylation sites (N-methyl/N-ethyl adjacent to an activating group) is 1. The third kappa shape index (κ3) is 48.5. The SMILES string of the molecule is CC/C=C/C=C/C=C\CCCCCCCC(=O)NC(COP(=O)(O)OCC[N+](C)(C)C)C(/C=C/CCCCCCCCCCCC)OC(=O)CCCCCCCCC/C=C\C/C=C\CCCCC. The largest absolute Gasteiger partial charge is 0.472 e. The van der Waals surface area contributed by atoms with Crippen LogP contribution in [0.2, 0.25) is 0 Å². The number of amides is 1. The number of allylic oxidation sites excluding steroid dienone is 11. The molecule has 0 spiro atoms. The number of carbonyl (C=O) groups excluding carboxylic acids is 2. The molecule has 2 N–H and O–H groups in total. The van der Waals surface area contributed by atoms with Crippen LogP contribution in [0.4, 0.5) is 0 Å². The summed E-state index contributed by atoms with van der Waals surface area (Å²) in [7, 11) is 1.47. The molecule has 0 aromatic heterocycles. The Kier molecular flexibility index (Phi) is 46.3. The van der Waals surface area contributed by atoms with E-state index >= 15 is 0 Å². The molecule has 0 saturated carbocycles. The Morgan fingerprint density at radius 3 is 1.54 bits per heavy atom. The van der Waals surface area contributed by atoms with Crippen LogP contribution in [0.3, 0.4) is 0 Å². The molecule has 9 nitrogen and oxygen atoms in total. The minimum absolute atomic E-state index is 0.0319. The molecule has 0 fully saturated rings. The number of carbonyl (C=O) groups is 2. The average molecular weight is 974 g/mol. The lowest BCUT2D eigenvalue weighted by molar-refractivity contribution is -0.870. The van der Waals surface area contributed by atoms with E-state index < -0.39 is 20.0 Å². The van der Waals surface area contributed by atoms with E-state index in [1.165, 1.54) is 96.3 Å². The number of unbranched alkanes of at least 4 members (excludes halogenated alkanes) is 25. The fourth-order valence-corrected chi connectivity index (χ4v) is 8.35. The first kappa shape index (κ1) is 65.5. The Hall–Kier alpha value is -2.55. The molecule has 0 aliphatic rings. The summed E-state index contributed by atoms with van der Waals surface area (Å²) < 4.78 is 30.5. The number of hydrogen-bond donors (Lipinski definition) is 2. The van der Waals surface area contributed by atoms with Crippen LogP contribution < -0.4 is 5.32 Å². The van der Waals surface area contributed by atoms with Crippen LogP contribution in [0.15, 0.2) is 72.9 Å². The summed E-state index contributed by atoms with van der Waals surface area (Å²) in [5.41, 5.74) is 0. The Balaban J connectivity index is 5.40. The van der Waals surface area contributed by atoms with Gasteiger partial charge in [0.25, 0.3) is 0 Å². The van der Waals surface area contributed by atoms with E-state index in [-0.39, 0.29) is 31.5 Å². The number of nitrogens with zero attached hydrogens (tertiary/aromatic N) is 1. The molecule has 0 aromatic carbocycles. The summed E-state index contributed by atoms with van der Waals surface area (Å²) in [6, 6.07) is -0.863. The Morgan fingerprint density at radius 2 is 1.00 bits per heavy atom. The van der Waals surface area contributed by atoms with Crippen molar-refractivity contribution in [3.63, 3.8) is 0 Å². The molecule has 0 aromatic rings. The smallest absolute Gasteiger partial charge is 0.456 e. The first-order valence-corrected chi connectivity index (χ1v) is 29.3. The minimum Gasteiger partial charge on any atom is -0.456 e. The highest BCUT2D eigenvalue weighted by molar-refractivity contribution is 7.47. The van der Waals surface area contributed by atoms with Gasteiger partial charge in [0.05, 0.1) is 33.8 Å². The van der Waals surface area contributed by atoms with E-state index in [4.69, 9.17) is 13.8 Å². The predicted octanol–water partition coefficient (Wildman–Crippen LogP) is 16.5. The molecular formula is C58H106N2O7P+. The Labute approximate surface area is 419 Å². The van der Waals surface area contributed by atoms with Gasteiger partial charge in [0.2, 0.25) is 5.91 Å². The molecule has 0 bridgehead atoms. The van der Waals surface area contributed by atoms with Gasteiger partial charge in [-0.15, -0.1) is 0 Å². The van der Waals surface area contributed by atoms with Crippen molar-refractivity contribution in [1.29, 1.82) is 0 Å². The van der Waals surface area contributed by atoms with Gasteiger partial charge in [0, 0.05) is 12.8 Å². The maximum absolute atomic E-state index is 13.5. The van der Waals surface area contributed by atoms with Crippen molar-refractivity contribution >= 4 is 19.7 Å². The van der Waals surface area contributed by atoms with E-state index in [1.807, 2.05) is 39.4 Å². The van der Waals surface area contributed by atoms with Crippen LogP contribution in [-0.2, 0) is 27.9 Å². The molecule has 1 amide bonds. The van der Waals surface area contributed by atoms with E-state index in [9.17, 15) is 19.0 Å². The average Bonchev–Trinajstić information content (AvgIpc) is 3.29. The molecule has 0 saturated heterocycles. The molecule has 0 heterocycles. The first-order chi connectivity index (χ1) is 32.9. The lowest BCUT2D eigenvalue weighted by atomic mass is 10.0. The topological polar surface area (TPSA) is 111 Å². The fourth-order valence-electron chi connectivity index (χ4n) is 7.62. The number of quaternary nitrogens is 1. The van der Waals surface area contributed by atoms with Crippen molar-refractivity contribution in [2.45, 2.75) is 245 Å². The van der Waals surface area contributed by atoms with Crippen LogP contribution in [0.5, 0.6) is 0 Å². The highest BCUT2D eigenvalue weighted by Crippen LogP contribution is 2.43. The number of phosphoric acid groups is 1. The number of phosphoric ester groups is 1. The van der Waals surface area contributed by atoms with Gasteiger partial charge in [-0.25, -0.2) is 4.57 Å². The number of rotatable bonds is 49. The van der Waals surface area contributed by atoms with E-state index in [0.29, 0.717) is 17.4 Å². The molecule has 3 unspecified atom stereocenters. The van der Waals surface area contributed by atoms with Crippen molar-refractivity contribution < 1.29 is 37.3 Å². The molecule has 0 rings (SSSR count). The summed E-state index contributed by atoms with van der Waals surface area (Å²) in [4.78, 5) is 37.5. The Morgan fingerprint density at radius 1 is 0.544 bits per heavy atom.